The lowest BCUT2D eigenvalue weighted by atomic mass is 10.1. The Labute approximate surface area is 179 Å². The summed E-state index contributed by atoms with van der Waals surface area (Å²) in [6.45, 7) is 0.869. The van der Waals surface area contributed by atoms with Gasteiger partial charge in [0.05, 0.1) is 37.9 Å². The van der Waals surface area contributed by atoms with E-state index in [1.165, 1.54) is 0 Å². The molecule has 2 atom stereocenters. The maximum Gasteiger partial charge on any atom is 0.639 e. The van der Waals surface area contributed by atoms with Gasteiger partial charge in [0, 0.05) is 31.7 Å². The highest BCUT2D eigenvalue weighted by molar-refractivity contribution is 7.87. The van der Waals surface area contributed by atoms with Crippen LogP contribution in [0.3, 0.4) is 0 Å². The van der Waals surface area contributed by atoms with Gasteiger partial charge in [-0.15, -0.1) is 0 Å². The zero-order chi connectivity index (χ0) is 21.6. The smallest absolute Gasteiger partial charge is 0.386 e. The molecule has 3 aliphatic heterocycles. The van der Waals surface area contributed by atoms with Crippen LogP contribution in [0, 0.1) is 17.8 Å². The van der Waals surface area contributed by atoms with Gasteiger partial charge in [0.2, 0.25) is 0 Å². The highest BCUT2D eigenvalue weighted by Gasteiger charge is 2.32. The summed E-state index contributed by atoms with van der Waals surface area (Å²) < 4.78 is 93.3. The van der Waals surface area contributed by atoms with E-state index >= 15 is 0 Å². The highest BCUT2D eigenvalue weighted by Crippen LogP contribution is 2.19. The minimum absolute atomic E-state index is 0.0172. The van der Waals surface area contributed by atoms with Crippen LogP contribution in [0.5, 0.6) is 0 Å². The summed E-state index contributed by atoms with van der Waals surface area (Å²) in [5.74, 6) is -0.810. The lowest BCUT2D eigenvalue weighted by molar-refractivity contribution is 0.0277. The van der Waals surface area contributed by atoms with Gasteiger partial charge < -0.3 is 14.0 Å². The fraction of sp³-hybridized carbons (Fsp3) is 1.00. The van der Waals surface area contributed by atoms with E-state index < -0.39 is 38.9 Å². The average Bonchev–Trinajstić information content (AvgIpc) is 2.69. The van der Waals surface area contributed by atoms with Crippen molar-refractivity contribution in [2.75, 3.05) is 57.8 Å². The Morgan fingerprint density at radius 2 is 1.43 bits per heavy atom. The summed E-state index contributed by atoms with van der Waals surface area (Å²) in [5.41, 5.74) is 0. The second kappa shape index (κ2) is 11.1. The second-order valence-electron chi connectivity index (χ2n) is 7.33. The third-order valence-corrected chi connectivity index (χ3v) is 7.99. The summed E-state index contributed by atoms with van der Waals surface area (Å²) in [7, 11) is -8.11. The topological polar surface area (TPSA) is 150 Å². The van der Waals surface area contributed by atoms with Crippen molar-refractivity contribution >= 4 is 38.9 Å². The first-order chi connectivity index (χ1) is 14.2. The van der Waals surface area contributed by atoms with E-state index in [-0.39, 0.29) is 75.5 Å². The maximum atomic E-state index is 11.6. The minimum atomic E-state index is -3.55. The average molecular weight is 492 g/mol. The van der Waals surface area contributed by atoms with Gasteiger partial charge in [-0.05, 0) is 18.8 Å². The van der Waals surface area contributed by atoms with Gasteiger partial charge >= 0.3 is 18.7 Å². The molecular formula is C14H25BO12S3. The van der Waals surface area contributed by atoms with Gasteiger partial charge in [-0.25, -0.2) is 0 Å². The molecule has 0 aromatic heterocycles. The molecule has 30 heavy (non-hydrogen) atoms. The van der Waals surface area contributed by atoms with Gasteiger partial charge in [0.25, 0.3) is 20.2 Å². The zero-order valence-corrected chi connectivity index (χ0v) is 18.7. The van der Waals surface area contributed by atoms with Crippen LogP contribution in [0.25, 0.3) is 0 Å². The van der Waals surface area contributed by atoms with E-state index in [0.717, 1.165) is 0 Å². The Morgan fingerprint density at radius 3 is 2.03 bits per heavy atom. The molecule has 174 valence electrons. The molecule has 0 saturated carbocycles. The molecule has 0 bridgehead atoms. The summed E-state index contributed by atoms with van der Waals surface area (Å²) in [6, 6.07) is 0. The van der Waals surface area contributed by atoms with Gasteiger partial charge in [-0.3, -0.25) is 16.7 Å². The monoisotopic (exact) mass is 492 g/mol. The standard InChI is InChI=1S/C14H25BO12S3/c16-28-24-8-14(9-25-28)7-23-15(21-5-12-2-4-29(17,18)27-10-12)22-6-13-1-3-26-30(19,20)11-13/h12-14H,1-11H2. The molecule has 3 rings (SSSR count). The Balaban J connectivity index is 1.47. The lowest BCUT2D eigenvalue weighted by Gasteiger charge is -2.26. The van der Waals surface area contributed by atoms with E-state index in [2.05, 4.69) is 0 Å². The third kappa shape index (κ3) is 8.40. The number of hydrogen-bond donors (Lipinski definition) is 0. The van der Waals surface area contributed by atoms with E-state index in [4.69, 9.17) is 30.7 Å². The van der Waals surface area contributed by atoms with Crippen LogP contribution in [-0.4, -0.2) is 86.1 Å². The van der Waals surface area contributed by atoms with Crippen LogP contribution in [0.2, 0.25) is 0 Å². The van der Waals surface area contributed by atoms with Crippen LogP contribution in [-0.2, 0) is 62.3 Å². The number of rotatable bonds is 9. The largest absolute Gasteiger partial charge is 0.639 e. The predicted octanol–water partition coefficient (Wildman–Crippen LogP) is -1.00. The van der Waals surface area contributed by atoms with Gasteiger partial charge in [0.15, 0.2) is 0 Å². The van der Waals surface area contributed by atoms with E-state index in [1.54, 1.807) is 0 Å². The quantitative estimate of drug-likeness (QED) is 0.287. The van der Waals surface area contributed by atoms with E-state index in [0.29, 0.717) is 12.8 Å². The fourth-order valence-electron chi connectivity index (χ4n) is 2.95. The fourth-order valence-corrected chi connectivity index (χ4v) is 6.05. The minimum Gasteiger partial charge on any atom is -0.386 e. The Kier molecular flexibility index (Phi) is 9.07. The molecule has 0 aliphatic carbocycles. The van der Waals surface area contributed by atoms with Gasteiger partial charge in [0.1, 0.15) is 0 Å². The van der Waals surface area contributed by atoms with Gasteiger partial charge in [-0.2, -0.15) is 21.0 Å². The van der Waals surface area contributed by atoms with Crippen LogP contribution < -0.4 is 0 Å². The molecule has 16 heteroatoms. The first-order valence-electron chi connectivity index (χ1n) is 9.48. The molecule has 0 spiro atoms. The summed E-state index contributed by atoms with van der Waals surface area (Å²) >= 11 is -1.75. The first-order valence-corrected chi connectivity index (χ1v) is 13.6. The molecule has 0 amide bonds. The molecule has 3 saturated heterocycles. The normalized spacial score (nSPS) is 33.7. The molecule has 0 aromatic rings. The maximum absolute atomic E-state index is 11.6. The van der Waals surface area contributed by atoms with Crippen molar-refractivity contribution in [2.45, 2.75) is 12.8 Å². The van der Waals surface area contributed by atoms with Crippen molar-refractivity contribution in [3.63, 3.8) is 0 Å². The molecule has 0 aromatic carbocycles. The van der Waals surface area contributed by atoms with Crippen LogP contribution >= 0.6 is 0 Å². The summed E-state index contributed by atoms with van der Waals surface area (Å²) in [6.07, 6.45) is 0.916. The summed E-state index contributed by atoms with van der Waals surface area (Å²) in [4.78, 5) is 0. The summed E-state index contributed by atoms with van der Waals surface area (Å²) in [5, 5.41) is 0. The molecule has 0 radical (unpaired) electrons. The lowest BCUT2D eigenvalue weighted by Crippen LogP contribution is -2.39. The predicted molar refractivity (Wildman–Crippen MR) is 103 cm³/mol. The molecule has 0 N–H and O–H groups in total. The Hall–Kier alpha value is -0.165. The van der Waals surface area contributed by atoms with Crippen molar-refractivity contribution in [3.8, 4) is 0 Å². The van der Waals surface area contributed by atoms with Crippen molar-refractivity contribution in [2.24, 2.45) is 17.8 Å². The van der Waals surface area contributed by atoms with Crippen LogP contribution in [0.1, 0.15) is 12.8 Å². The van der Waals surface area contributed by atoms with Gasteiger partial charge in [-0.1, -0.05) is 0 Å². The van der Waals surface area contributed by atoms with E-state index in [9.17, 15) is 21.0 Å². The second-order valence-corrected chi connectivity index (χ2v) is 11.7. The van der Waals surface area contributed by atoms with Crippen molar-refractivity contribution in [3.05, 3.63) is 0 Å². The highest BCUT2D eigenvalue weighted by atomic mass is 32.2. The Morgan fingerprint density at radius 1 is 0.800 bits per heavy atom. The molecule has 3 heterocycles. The number of hydrogen-bond acceptors (Lipinski definition) is 12. The molecular weight excluding hydrogens is 467 g/mol. The van der Waals surface area contributed by atoms with Crippen molar-refractivity contribution < 1.29 is 51.7 Å². The van der Waals surface area contributed by atoms with E-state index in [1.807, 2.05) is 0 Å². The first kappa shape index (κ1) is 24.5. The van der Waals surface area contributed by atoms with Crippen LogP contribution in [0.15, 0.2) is 0 Å². The zero-order valence-electron chi connectivity index (χ0n) is 16.2. The molecule has 2 unspecified atom stereocenters. The SMILES string of the molecule is O=S1OCC(COB(OCC2CCS(=O)(=O)OC2)OCC2CCOS(=O)(=O)C2)CO1. The third-order valence-electron chi connectivity index (χ3n) is 4.69. The van der Waals surface area contributed by atoms with Crippen LogP contribution in [0.4, 0.5) is 0 Å². The molecule has 3 aliphatic rings. The molecule has 12 nitrogen and oxygen atoms in total. The van der Waals surface area contributed by atoms with Crippen molar-refractivity contribution in [1.82, 2.24) is 0 Å². The van der Waals surface area contributed by atoms with Crippen molar-refractivity contribution in [1.29, 1.82) is 0 Å². The Bertz CT molecular complexity index is 764. The molecule has 3 fully saturated rings.